The van der Waals surface area contributed by atoms with Crippen LogP contribution in [0.4, 0.5) is 4.39 Å². The number of amides is 2. The summed E-state index contributed by atoms with van der Waals surface area (Å²) < 4.78 is 19.3. The highest BCUT2D eigenvalue weighted by Crippen LogP contribution is 2.31. The molecule has 24 heavy (non-hydrogen) atoms. The fourth-order valence-corrected chi connectivity index (χ4v) is 3.48. The van der Waals surface area contributed by atoms with Gasteiger partial charge in [-0.15, -0.1) is 0 Å². The van der Waals surface area contributed by atoms with Gasteiger partial charge in [-0.1, -0.05) is 25.0 Å². The number of morpholine rings is 1. The number of nitrogens with zero attached hydrogens (tertiary/aromatic N) is 2. The van der Waals surface area contributed by atoms with Crippen molar-refractivity contribution in [2.24, 2.45) is 0 Å². The van der Waals surface area contributed by atoms with Crippen LogP contribution in [0.15, 0.2) is 24.3 Å². The van der Waals surface area contributed by atoms with E-state index in [0.717, 1.165) is 25.7 Å². The predicted molar refractivity (Wildman–Crippen MR) is 86.7 cm³/mol. The Balaban J connectivity index is 1.88. The van der Waals surface area contributed by atoms with Crippen LogP contribution in [0.25, 0.3) is 0 Å². The zero-order chi connectivity index (χ0) is 17.1. The van der Waals surface area contributed by atoms with E-state index in [2.05, 4.69) is 0 Å². The molecule has 2 atom stereocenters. The minimum Gasteiger partial charge on any atom is -0.356 e. The summed E-state index contributed by atoms with van der Waals surface area (Å²) >= 11 is 0. The van der Waals surface area contributed by atoms with Gasteiger partial charge in [-0.3, -0.25) is 9.59 Å². The van der Waals surface area contributed by atoms with Crippen molar-refractivity contribution in [3.8, 4) is 0 Å². The van der Waals surface area contributed by atoms with Gasteiger partial charge in [-0.05, 0) is 30.5 Å². The van der Waals surface area contributed by atoms with Crippen molar-refractivity contribution >= 4 is 11.8 Å². The van der Waals surface area contributed by atoms with E-state index in [1.54, 1.807) is 19.2 Å². The van der Waals surface area contributed by atoms with Crippen molar-refractivity contribution < 1.29 is 18.7 Å². The van der Waals surface area contributed by atoms with Crippen LogP contribution < -0.4 is 0 Å². The Labute approximate surface area is 141 Å². The Morgan fingerprint density at radius 2 is 1.92 bits per heavy atom. The lowest BCUT2D eigenvalue weighted by molar-refractivity contribution is -0.167. The Morgan fingerprint density at radius 1 is 1.21 bits per heavy atom. The van der Waals surface area contributed by atoms with Crippen LogP contribution in [-0.2, 0) is 14.3 Å². The number of rotatable bonds is 2. The van der Waals surface area contributed by atoms with Crippen LogP contribution in [0.2, 0.25) is 0 Å². The van der Waals surface area contributed by atoms with Crippen LogP contribution in [0.1, 0.15) is 37.3 Å². The van der Waals surface area contributed by atoms with E-state index in [-0.39, 0.29) is 24.2 Å². The molecule has 130 valence electrons. The van der Waals surface area contributed by atoms with Crippen molar-refractivity contribution in [1.29, 1.82) is 0 Å². The zero-order valence-corrected chi connectivity index (χ0v) is 13.9. The molecule has 2 amide bonds. The van der Waals surface area contributed by atoms with Gasteiger partial charge in [-0.25, -0.2) is 4.39 Å². The number of halogens is 1. The summed E-state index contributed by atoms with van der Waals surface area (Å²) in [5, 5.41) is 0. The Kier molecular flexibility index (Phi) is 5.14. The van der Waals surface area contributed by atoms with E-state index in [9.17, 15) is 14.0 Å². The van der Waals surface area contributed by atoms with Crippen LogP contribution in [0, 0.1) is 5.82 Å². The van der Waals surface area contributed by atoms with Gasteiger partial charge in [0.15, 0.2) is 6.10 Å². The number of likely N-dealkylation sites (tertiary alicyclic amines) is 1. The van der Waals surface area contributed by atoms with Crippen molar-refractivity contribution in [1.82, 2.24) is 9.80 Å². The molecule has 1 aromatic carbocycles. The molecule has 2 saturated heterocycles. The number of benzene rings is 1. The molecule has 5 nitrogen and oxygen atoms in total. The van der Waals surface area contributed by atoms with E-state index in [0.29, 0.717) is 18.7 Å². The Hall–Kier alpha value is -1.95. The third-order valence-corrected chi connectivity index (χ3v) is 4.84. The first-order valence-corrected chi connectivity index (χ1v) is 8.49. The molecule has 0 aliphatic carbocycles. The largest absolute Gasteiger partial charge is 0.356 e. The van der Waals surface area contributed by atoms with E-state index in [4.69, 9.17) is 4.74 Å². The molecular formula is C18H23FN2O3. The van der Waals surface area contributed by atoms with Gasteiger partial charge in [0.25, 0.3) is 5.91 Å². The zero-order valence-electron chi connectivity index (χ0n) is 13.9. The second-order valence-corrected chi connectivity index (χ2v) is 6.48. The lowest BCUT2D eigenvalue weighted by atomic mass is 9.97. The third kappa shape index (κ3) is 3.43. The summed E-state index contributed by atoms with van der Waals surface area (Å²) in [7, 11) is 1.64. The van der Waals surface area contributed by atoms with Crippen molar-refractivity contribution in [2.75, 3.05) is 26.7 Å². The first-order chi connectivity index (χ1) is 11.6. The number of hydrogen-bond acceptors (Lipinski definition) is 3. The van der Waals surface area contributed by atoms with Gasteiger partial charge in [0, 0.05) is 20.1 Å². The van der Waals surface area contributed by atoms with Gasteiger partial charge in [0.2, 0.25) is 5.91 Å². The molecule has 0 spiro atoms. The average Bonchev–Trinajstić information content (AvgIpc) is 2.86. The molecule has 2 heterocycles. The smallest absolute Gasteiger partial charge is 0.254 e. The van der Waals surface area contributed by atoms with Gasteiger partial charge < -0.3 is 14.5 Å². The van der Waals surface area contributed by atoms with E-state index in [1.165, 1.54) is 17.0 Å². The van der Waals surface area contributed by atoms with Gasteiger partial charge >= 0.3 is 0 Å². The molecule has 3 rings (SSSR count). The summed E-state index contributed by atoms with van der Waals surface area (Å²) in [5.74, 6) is -0.699. The molecule has 2 aliphatic rings. The monoisotopic (exact) mass is 334 g/mol. The van der Waals surface area contributed by atoms with Crippen LogP contribution in [0.3, 0.4) is 0 Å². The summed E-state index contributed by atoms with van der Waals surface area (Å²) in [6, 6.07) is 5.43. The molecule has 2 aliphatic heterocycles. The van der Waals surface area contributed by atoms with Gasteiger partial charge in [0.1, 0.15) is 12.4 Å². The standard InChI is InChI=1S/C18H23FN2O3/c1-20-15(22)12-24-17(16(20)13-7-6-8-14(19)11-13)18(23)21-9-4-2-3-5-10-21/h6-8,11,16-17H,2-5,9-10,12H2,1H3/t16-,17+/m0/s1. The van der Waals surface area contributed by atoms with E-state index in [1.807, 2.05) is 4.90 Å². The second kappa shape index (κ2) is 7.30. The molecule has 0 radical (unpaired) electrons. The average molecular weight is 334 g/mol. The maximum Gasteiger partial charge on any atom is 0.254 e. The first kappa shape index (κ1) is 16.9. The first-order valence-electron chi connectivity index (χ1n) is 8.49. The quantitative estimate of drug-likeness (QED) is 0.832. The summed E-state index contributed by atoms with van der Waals surface area (Å²) in [6.45, 7) is 1.31. The van der Waals surface area contributed by atoms with Gasteiger partial charge in [0.05, 0.1) is 6.04 Å². The molecule has 0 unspecified atom stereocenters. The van der Waals surface area contributed by atoms with Crippen LogP contribution in [-0.4, -0.2) is 54.5 Å². The van der Waals surface area contributed by atoms with Crippen molar-refractivity contribution in [3.63, 3.8) is 0 Å². The predicted octanol–water partition coefficient (Wildman–Crippen LogP) is 2.13. The highest BCUT2D eigenvalue weighted by molar-refractivity contribution is 5.86. The number of carbonyl (C=O) groups is 2. The Bertz CT molecular complexity index is 614. The normalized spacial score (nSPS) is 25.5. The van der Waals surface area contributed by atoms with E-state index < -0.39 is 12.1 Å². The lowest BCUT2D eigenvalue weighted by Crippen LogP contribution is -2.54. The summed E-state index contributed by atoms with van der Waals surface area (Å²) in [4.78, 5) is 28.4. The number of hydrogen-bond donors (Lipinski definition) is 0. The molecule has 1 aromatic rings. The Morgan fingerprint density at radius 3 is 2.58 bits per heavy atom. The summed E-state index contributed by atoms with van der Waals surface area (Å²) in [5.41, 5.74) is 0.582. The molecule has 0 N–H and O–H groups in total. The highest BCUT2D eigenvalue weighted by atomic mass is 19.1. The minimum atomic E-state index is -0.785. The SMILES string of the molecule is CN1C(=O)CO[C@@H](C(=O)N2CCCCCC2)[C@@H]1c1cccc(F)c1. The van der Waals surface area contributed by atoms with Gasteiger partial charge in [-0.2, -0.15) is 0 Å². The minimum absolute atomic E-state index is 0.106. The maximum absolute atomic E-state index is 13.6. The second-order valence-electron chi connectivity index (χ2n) is 6.48. The molecule has 6 heteroatoms. The van der Waals surface area contributed by atoms with E-state index >= 15 is 0 Å². The topological polar surface area (TPSA) is 49.9 Å². The molecule has 0 bridgehead atoms. The van der Waals surface area contributed by atoms with Crippen molar-refractivity contribution in [3.05, 3.63) is 35.6 Å². The fraction of sp³-hybridized carbons (Fsp3) is 0.556. The third-order valence-electron chi connectivity index (χ3n) is 4.84. The number of carbonyl (C=O) groups excluding carboxylic acids is 2. The molecule has 0 aromatic heterocycles. The maximum atomic E-state index is 13.6. The number of ether oxygens (including phenoxy) is 1. The lowest BCUT2D eigenvalue weighted by Gasteiger charge is -2.40. The van der Waals surface area contributed by atoms with Crippen molar-refractivity contribution in [2.45, 2.75) is 37.8 Å². The highest BCUT2D eigenvalue weighted by Gasteiger charge is 2.41. The van der Waals surface area contributed by atoms with Crippen LogP contribution >= 0.6 is 0 Å². The molecular weight excluding hydrogens is 311 g/mol. The molecule has 0 saturated carbocycles. The molecule has 2 fully saturated rings. The van der Waals surface area contributed by atoms with Crippen LogP contribution in [0.5, 0.6) is 0 Å². The number of likely N-dealkylation sites (N-methyl/N-ethyl adjacent to an activating group) is 1. The fourth-order valence-electron chi connectivity index (χ4n) is 3.48. The summed E-state index contributed by atoms with van der Waals surface area (Å²) in [6.07, 6.45) is 3.44.